The molecule has 2 aromatic rings. The highest BCUT2D eigenvalue weighted by Gasteiger charge is 2.21. The van der Waals surface area contributed by atoms with E-state index >= 15 is 0 Å². The number of hydrogen-bond acceptors (Lipinski definition) is 5. The molecule has 8 heteroatoms. The number of aromatic nitrogens is 2. The summed E-state index contributed by atoms with van der Waals surface area (Å²) in [5, 5.41) is 13.8. The SMILES string of the molecule is CCOC(=O)c1cc(Cl)c(-n2nc(CC)c(C#N)c2N)c(Cl)c1. The van der Waals surface area contributed by atoms with Crippen molar-refractivity contribution in [2.45, 2.75) is 20.3 Å². The first kappa shape index (κ1) is 17.1. The zero-order valence-electron chi connectivity index (χ0n) is 12.6. The van der Waals surface area contributed by atoms with Gasteiger partial charge < -0.3 is 10.5 Å². The second-order valence-corrected chi connectivity index (χ2v) is 5.41. The molecule has 1 heterocycles. The van der Waals surface area contributed by atoms with Crippen LogP contribution in [0.3, 0.4) is 0 Å². The van der Waals surface area contributed by atoms with Crippen molar-refractivity contribution in [3.8, 4) is 11.8 Å². The zero-order chi connectivity index (χ0) is 17.1. The van der Waals surface area contributed by atoms with Crippen LogP contribution in [0.5, 0.6) is 0 Å². The molecule has 6 nitrogen and oxygen atoms in total. The van der Waals surface area contributed by atoms with Gasteiger partial charge in [-0.3, -0.25) is 0 Å². The van der Waals surface area contributed by atoms with Crippen molar-refractivity contribution in [1.82, 2.24) is 9.78 Å². The molecule has 0 radical (unpaired) electrons. The second kappa shape index (κ2) is 6.90. The van der Waals surface area contributed by atoms with E-state index in [0.29, 0.717) is 17.8 Å². The molecule has 0 amide bonds. The van der Waals surface area contributed by atoms with E-state index in [1.54, 1.807) is 6.92 Å². The van der Waals surface area contributed by atoms with Gasteiger partial charge in [-0.25, -0.2) is 9.48 Å². The number of halogens is 2. The van der Waals surface area contributed by atoms with Crippen molar-refractivity contribution in [2.24, 2.45) is 0 Å². The Kier molecular flexibility index (Phi) is 5.14. The van der Waals surface area contributed by atoms with Gasteiger partial charge in [-0.1, -0.05) is 30.1 Å². The number of esters is 1. The lowest BCUT2D eigenvalue weighted by atomic mass is 10.2. The molecular weight excluding hydrogens is 339 g/mol. The van der Waals surface area contributed by atoms with Crippen LogP contribution in [0, 0.1) is 11.3 Å². The highest BCUT2D eigenvalue weighted by Crippen LogP contribution is 2.33. The van der Waals surface area contributed by atoms with Crippen molar-refractivity contribution < 1.29 is 9.53 Å². The average Bonchev–Trinajstić information content (AvgIpc) is 2.82. The van der Waals surface area contributed by atoms with Gasteiger partial charge in [-0.15, -0.1) is 0 Å². The number of nitrogen functional groups attached to an aromatic ring is 1. The first-order chi connectivity index (χ1) is 10.9. The molecule has 0 unspecified atom stereocenters. The molecule has 0 aliphatic heterocycles. The Bertz CT molecular complexity index is 786. The van der Waals surface area contributed by atoms with E-state index in [0.717, 1.165) is 0 Å². The monoisotopic (exact) mass is 352 g/mol. The number of benzene rings is 1. The summed E-state index contributed by atoms with van der Waals surface area (Å²) < 4.78 is 6.24. The van der Waals surface area contributed by atoms with E-state index < -0.39 is 5.97 Å². The number of ether oxygens (including phenoxy) is 1. The van der Waals surface area contributed by atoms with Crippen molar-refractivity contribution in [1.29, 1.82) is 5.26 Å². The van der Waals surface area contributed by atoms with E-state index in [4.69, 9.17) is 33.7 Å². The van der Waals surface area contributed by atoms with Gasteiger partial charge in [0, 0.05) is 0 Å². The predicted molar refractivity (Wildman–Crippen MR) is 88.0 cm³/mol. The fraction of sp³-hybridized carbons (Fsp3) is 0.267. The molecule has 0 saturated heterocycles. The molecule has 1 aromatic carbocycles. The van der Waals surface area contributed by atoms with E-state index in [2.05, 4.69) is 5.10 Å². The Hall–Kier alpha value is -2.23. The van der Waals surface area contributed by atoms with Gasteiger partial charge in [-0.2, -0.15) is 10.4 Å². The highest BCUT2D eigenvalue weighted by molar-refractivity contribution is 6.38. The molecule has 0 fully saturated rings. The van der Waals surface area contributed by atoms with Crippen LogP contribution in [0.4, 0.5) is 5.82 Å². The molecule has 2 rings (SSSR count). The lowest BCUT2D eigenvalue weighted by Crippen LogP contribution is -2.08. The maximum atomic E-state index is 11.8. The molecular formula is C15H14Cl2N4O2. The Morgan fingerprint density at radius 1 is 1.39 bits per heavy atom. The lowest BCUT2D eigenvalue weighted by molar-refractivity contribution is 0.0526. The smallest absolute Gasteiger partial charge is 0.338 e. The van der Waals surface area contributed by atoms with Crippen LogP contribution in [0.25, 0.3) is 5.69 Å². The standard InChI is InChI=1S/C15H14Cl2N4O2/c1-3-12-9(7-18)14(19)21(20-12)13-10(16)5-8(6-11(13)17)15(22)23-4-2/h5-6H,3-4,19H2,1-2H3. The molecule has 0 saturated carbocycles. The molecule has 0 atom stereocenters. The van der Waals surface area contributed by atoms with Crippen molar-refractivity contribution in [3.63, 3.8) is 0 Å². The van der Waals surface area contributed by atoms with Crippen LogP contribution in [0.2, 0.25) is 10.0 Å². The Morgan fingerprint density at radius 2 is 2.00 bits per heavy atom. The van der Waals surface area contributed by atoms with Crippen LogP contribution < -0.4 is 5.73 Å². The number of nitrogens with zero attached hydrogens (tertiary/aromatic N) is 3. The van der Waals surface area contributed by atoms with E-state index in [1.165, 1.54) is 16.8 Å². The third-order valence-corrected chi connectivity index (χ3v) is 3.76. The number of nitriles is 1. The molecule has 0 bridgehead atoms. The number of carbonyl (C=O) groups excluding carboxylic acids is 1. The summed E-state index contributed by atoms with van der Waals surface area (Å²) in [6.45, 7) is 3.81. The van der Waals surface area contributed by atoms with Crippen LogP contribution in [0.1, 0.15) is 35.5 Å². The minimum atomic E-state index is -0.525. The maximum Gasteiger partial charge on any atom is 0.338 e. The maximum absolute atomic E-state index is 11.8. The van der Waals surface area contributed by atoms with Crippen LogP contribution in [-0.2, 0) is 11.2 Å². The zero-order valence-corrected chi connectivity index (χ0v) is 14.1. The summed E-state index contributed by atoms with van der Waals surface area (Å²) in [6.07, 6.45) is 0.538. The Balaban J connectivity index is 2.60. The molecule has 0 spiro atoms. The number of hydrogen-bond donors (Lipinski definition) is 1. The summed E-state index contributed by atoms with van der Waals surface area (Å²) in [7, 11) is 0. The Morgan fingerprint density at radius 3 is 2.43 bits per heavy atom. The van der Waals surface area contributed by atoms with E-state index in [9.17, 15) is 10.1 Å². The largest absolute Gasteiger partial charge is 0.462 e. The fourth-order valence-corrected chi connectivity index (χ4v) is 2.77. The number of aryl methyl sites for hydroxylation is 1. The third kappa shape index (κ3) is 3.11. The summed E-state index contributed by atoms with van der Waals surface area (Å²) in [5.74, 6) is -0.375. The lowest BCUT2D eigenvalue weighted by Gasteiger charge is -2.11. The molecule has 0 aliphatic rings. The number of rotatable bonds is 4. The van der Waals surface area contributed by atoms with E-state index in [1.807, 2.05) is 13.0 Å². The first-order valence-corrected chi connectivity index (χ1v) is 7.64. The minimum Gasteiger partial charge on any atom is -0.462 e. The third-order valence-electron chi connectivity index (χ3n) is 3.18. The second-order valence-electron chi connectivity index (χ2n) is 4.59. The van der Waals surface area contributed by atoms with Crippen molar-refractivity contribution in [2.75, 3.05) is 12.3 Å². The Labute approximate surface area is 143 Å². The molecule has 2 N–H and O–H groups in total. The summed E-state index contributed by atoms with van der Waals surface area (Å²) >= 11 is 12.5. The van der Waals surface area contributed by atoms with E-state index in [-0.39, 0.29) is 33.6 Å². The van der Waals surface area contributed by atoms with Gasteiger partial charge in [0.05, 0.1) is 27.9 Å². The summed E-state index contributed by atoms with van der Waals surface area (Å²) in [5.41, 5.74) is 7.35. The molecule has 120 valence electrons. The summed E-state index contributed by atoms with van der Waals surface area (Å²) in [4.78, 5) is 11.8. The van der Waals surface area contributed by atoms with Crippen LogP contribution >= 0.6 is 23.2 Å². The number of carbonyl (C=O) groups is 1. The average molecular weight is 353 g/mol. The van der Waals surface area contributed by atoms with Gasteiger partial charge in [0.15, 0.2) is 0 Å². The number of anilines is 1. The molecule has 0 aliphatic carbocycles. The fourth-order valence-electron chi connectivity index (χ4n) is 2.12. The number of nitrogens with two attached hydrogens (primary N) is 1. The molecule has 23 heavy (non-hydrogen) atoms. The first-order valence-electron chi connectivity index (χ1n) is 6.88. The van der Waals surface area contributed by atoms with Crippen LogP contribution in [0.15, 0.2) is 12.1 Å². The topological polar surface area (TPSA) is 93.9 Å². The predicted octanol–water partition coefficient (Wildman–Crippen LogP) is 3.37. The van der Waals surface area contributed by atoms with Crippen molar-refractivity contribution >= 4 is 35.0 Å². The van der Waals surface area contributed by atoms with Crippen molar-refractivity contribution in [3.05, 3.63) is 39.0 Å². The highest BCUT2D eigenvalue weighted by atomic mass is 35.5. The van der Waals surface area contributed by atoms with Gasteiger partial charge in [0.1, 0.15) is 23.1 Å². The minimum absolute atomic E-state index is 0.150. The van der Waals surface area contributed by atoms with Gasteiger partial charge >= 0.3 is 5.97 Å². The van der Waals surface area contributed by atoms with Crippen LogP contribution in [-0.4, -0.2) is 22.4 Å². The van der Waals surface area contributed by atoms with Gasteiger partial charge in [0.2, 0.25) is 0 Å². The quantitative estimate of drug-likeness (QED) is 0.851. The van der Waals surface area contributed by atoms with Gasteiger partial charge in [-0.05, 0) is 25.5 Å². The molecule has 1 aromatic heterocycles. The normalized spacial score (nSPS) is 10.4. The summed E-state index contributed by atoms with van der Waals surface area (Å²) in [6, 6.07) is 4.88. The van der Waals surface area contributed by atoms with Gasteiger partial charge in [0.25, 0.3) is 0 Å².